The van der Waals surface area contributed by atoms with Crippen molar-refractivity contribution in [3.63, 3.8) is 0 Å². The van der Waals surface area contributed by atoms with Gasteiger partial charge in [-0.05, 0) is 6.07 Å². The minimum atomic E-state index is -4.34. The molecule has 0 fully saturated rings. The average Bonchev–Trinajstić information content (AvgIpc) is 2.17. The molecular weight excluding hydrogens is 218 g/mol. The Morgan fingerprint density at radius 2 is 2.07 bits per heavy atom. The van der Waals surface area contributed by atoms with Crippen molar-refractivity contribution in [3.05, 3.63) is 29.8 Å². The fourth-order valence-electron chi connectivity index (χ4n) is 1.66. The van der Waals surface area contributed by atoms with Crippen LogP contribution in [-0.2, 0) is 15.0 Å². The highest BCUT2D eigenvalue weighted by atomic mass is 32.2. The monoisotopic (exact) mass is 229 g/mol. The molecule has 0 aromatic heterocycles. The third kappa shape index (κ3) is 1.50. The Morgan fingerprint density at radius 3 is 2.73 bits per heavy atom. The summed E-state index contributed by atoms with van der Waals surface area (Å²) in [6, 6.07) is 6.54. The van der Waals surface area contributed by atoms with E-state index in [-0.39, 0.29) is 13.0 Å². The molecule has 0 radical (unpaired) electrons. The van der Waals surface area contributed by atoms with Gasteiger partial charge in [0.2, 0.25) is 0 Å². The van der Waals surface area contributed by atoms with Gasteiger partial charge in [-0.1, -0.05) is 18.2 Å². The summed E-state index contributed by atoms with van der Waals surface area (Å²) < 4.78 is 36.9. The van der Waals surface area contributed by atoms with Gasteiger partial charge in [0, 0.05) is 12.0 Å². The maximum absolute atomic E-state index is 11.2. The Balaban J connectivity index is 2.65. The molecule has 0 spiro atoms. The molecule has 1 aliphatic heterocycles. The maximum Gasteiger partial charge on any atom is 0.288 e. The van der Waals surface area contributed by atoms with Crippen molar-refractivity contribution in [2.75, 3.05) is 6.61 Å². The van der Waals surface area contributed by atoms with Gasteiger partial charge in [-0.25, -0.2) is 0 Å². The Labute approximate surface area is 87.6 Å². The highest BCUT2D eigenvalue weighted by Crippen LogP contribution is 2.37. The lowest BCUT2D eigenvalue weighted by atomic mass is 10.0. The molecule has 6 heteroatoms. The van der Waals surface area contributed by atoms with Crippen molar-refractivity contribution in [1.29, 1.82) is 0 Å². The van der Waals surface area contributed by atoms with Crippen LogP contribution in [-0.4, -0.2) is 19.6 Å². The minimum absolute atomic E-state index is 0.0445. The van der Waals surface area contributed by atoms with Gasteiger partial charge in [-0.3, -0.25) is 4.55 Å². The van der Waals surface area contributed by atoms with E-state index in [2.05, 4.69) is 0 Å². The summed E-state index contributed by atoms with van der Waals surface area (Å²) in [6.45, 7) is 0.174. The SMILES string of the molecule is NC1(S(=O)(=O)O)CCOc2ccccc21. The molecule has 0 aliphatic carbocycles. The fourth-order valence-corrected chi connectivity index (χ4v) is 2.45. The van der Waals surface area contributed by atoms with Gasteiger partial charge in [-0.2, -0.15) is 8.42 Å². The van der Waals surface area contributed by atoms with Crippen LogP contribution in [0.5, 0.6) is 5.75 Å². The van der Waals surface area contributed by atoms with Crippen LogP contribution in [0.3, 0.4) is 0 Å². The second kappa shape index (κ2) is 3.19. The van der Waals surface area contributed by atoms with E-state index in [0.717, 1.165) is 0 Å². The smallest absolute Gasteiger partial charge is 0.288 e. The summed E-state index contributed by atoms with van der Waals surface area (Å²) in [5.74, 6) is 0.406. The third-order valence-electron chi connectivity index (χ3n) is 2.53. The van der Waals surface area contributed by atoms with Gasteiger partial charge in [-0.15, -0.1) is 0 Å². The number of fused-ring (bicyclic) bond motifs is 1. The Morgan fingerprint density at radius 1 is 1.40 bits per heavy atom. The van der Waals surface area contributed by atoms with Gasteiger partial charge in [0.15, 0.2) is 4.87 Å². The number of hydrogen-bond acceptors (Lipinski definition) is 4. The highest BCUT2D eigenvalue weighted by molar-refractivity contribution is 7.86. The lowest BCUT2D eigenvalue weighted by molar-refractivity contribution is 0.245. The maximum atomic E-state index is 11.2. The third-order valence-corrected chi connectivity index (χ3v) is 3.88. The van der Waals surface area contributed by atoms with Crippen LogP contribution < -0.4 is 10.5 Å². The second-order valence-corrected chi connectivity index (χ2v) is 5.14. The Hall–Kier alpha value is -1.11. The number of ether oxygens (including phenoxy) is 1. The highest BCUT2D eigenvalue weighted by Gasteiger charge is 2.44. The van der Waals surface area contributed by atoms with E-state index < -0.39 is 15.0 Å². The number of rotatable bonds is 1. The van der Waals surface area contributed by atoms with Crippen LogP contribution in [0.15, 0.2) is 24.3 Å². The molecule has 1 aromatic rings. The largest absolute Gasteiger partial charge is 0.493 e. The van der Waals surface area contributed by atoms with Crippen molar-refractivity contribution in [2.24, 2.45) is 5.73 Å². The second-order valence-electron chi connectivity index (χ2n) is 3.46. The molecular formula is C9H11NO4S. The number of benzene rings is 1. The van der Waals surface area contributed by atoms with Crippen LogP contribution in [0.4, 0.5) is 0 Å². The van der Waals surface area contributed by atoms with Crippen LogP contribution in [0.1, 0.15) is 12.0 Å². The summed E-state index contributed by atoms with van der Waals surface area (Å²) in [5, 5.41) is 0. The van der Waals surface area contributed by atoms with Crippen molar-refractivity contribution in [2.45, 2.75) is 11.3 Å². The first-order valence-electron chi connectivity index (χ1n) is 4.43. The van der Waals surface area contributed by atoms with Crippen molar-refractivity contribution in [3.8, 4) is 5.75 Å². The summed E-state index contributed by atoms with van der Waals surface area (Å²) in [6.07, 6.45) is 0.0445. The molecule has 1 aliphatic rings. The summed E-state index contributed by atoms with van der Waals surface area (Å²) in [5.41, 5.74) is 6.03. The molecule has 1 unspecified atom stereocenters. The number of nitrogens with two attached hydrogens (primary N) is 1. The molecule has 3 N–H and O–H groups in total. The van der Waals surface area contributed by atoms with E-state index in [9.17, 15) is 8.42 Å². The minimum Gasteiger partial charge on any atom is -0.493 e. The van der Waals surface area contributed by atoms with E-state index in [1.54, 1.807) is 24.3 Å². The zero-order chi connectivity index (χ0) is 11.1. The fraction of sp³-hybridized carbons (Fsp3) is 0.333. The van der Waals surface area contributed by atoms with E-state index in [1.165, 1.54) is 0 Å². The van der Waals surface area contributed by atoms with Crippen LogP contribution in [0.2, 0.25) is 0 Å². The molecule has 5 nitrogen and oxygen atoms in total. The zero-order valence-electron chi connectivity index (χ0n) is 7.88. The van der Waals surface area contributed by atoms with E-state index in [4.69, 9.17) is 15.0 Å². The van der Waals surface area contributed by atoms with E-state index in [1.807, 2.05) is 0 Å². The molecule has 2 rings (SSSR count). The molecule has 0 amide bonds. The number of hydrogen-bond donors (Lipinski definition) is 2. The van der Waals surface area contributed by atoms with Crippen molar-refractivity contribution < 1.29 is 17.7 Å². The first kappa shape index (κ1) is 10.4. The lowest BCUT2D eigenvalue weighted by Gasteiger charge is -2.32. The van der Waals surface area contributed by atoms with Gasteiger partial charge >= 0.3 is 0 Å². The standard InChI is InChI=1S/C9H11NO4S/c10-9(15(11,12)13)5-6-14-8-4-2-1-3-7(8)9/h1-4H,5-6,10H2,(H,11,12,13). The number of para-hydroxylation sites is 1. The normalized spacial score (nSPS) is 25.5. The van der Waals surface area contributed by atoms with Gasteiger partial charge in [0.05, 0.1) is 6.61 Å². The van der Waals surface area contributed by atoms with Gasteiger partial charge in [0.1, 0.15) is 5.75 Å². The predicted molar refractivity (Wildman–Crippen MR) is 54.0 cm³/mol. The Bertz CT molecular complexity index is 485. The molecule has 1 heterocycles. The van der Waals surface area contributed by atoms with Crippen LogP contribution in [0, 0.1) is 0 Å². The summed E-state index contributed by atoms with van der Waals surface area (Å²) in [7, 11) is -4.34. The molecule has 1 atom stereocenters. The zero-order valence-corrected chi connectivity index (χ0v) is 8.70. The van der Waals surface area contributed by atoms with E-state index >= 15 is 0 Å². The quantitative estimate of drug-likeness (QED) is 0.683. The first-order valence-corrected chi connectivity index (χ1v) is 5.87. The van der Waals surface area contributed by atoms with Crippen LogP contribution in [0.25, 0.3) is 0 Å². The van der Waals surface area contributed by atoms with E-state index in [0.29, 0.717) is 11.3 Å². The lowest BCUT2D eigenvalue weighted by Crippen LogP contribution is -2.47. The van der Waals surface area contributed by atoms with Crippen LogP contribution >= 0.6 is 0 Å². The first-order chi connectivity index (χ1) is 6.95. The molecule has 15 heavy (non-hydrogen) atoms. The van der Waals surface area contributed by atoms with Crippen molar-refractivity contribution in [1.82, 2.24) is 0 Å². The molecule has 0 bridgehead atoms. The molecule has 0 saturated carbocycles. The van der Waals surface area contributed by atoms with Gasteiger partial charge < -0.3 is 10.5 Å². The predicted octanol–water partition coefficient (Wildman–Crippen LogP) is 0.468. The summed E-state index contributed by atoms with van der Waals surface area (Å²) >= 11 is 0. The Kier molecular flexibility index (Phi) is 2.22. The summed E-state index contributed by atoms with van der Waals surface area (Å²) in [4.78, 5) is -1.75. The van der Waals surface area contributed by atoms with Gasteiger partial charge in [0.25, 0.3) is 10.1 Å². The van der Waals surface area contributed by atoms with Crippen molar-refractivity contribution >= 4 is 10.1 Å². The molecule has 0 saturated heterocycles. The topological polar surface area (TPSA) is 89.6 Å². The molecule has 1 aromatic carbocycles. The average molecular weight is 229 g/mol. The molecule has 82 valence electrons.